The second-order valence-corrected chi connectivity index (χ2v) is 3.76. The first-order chi connectivity index (χ1) is 8.36. The summed E-state index contributed by atoms with van der Waals surface area (Å²) in [5.74, 6) is 1.65. The molecule has 0 saturated carbocycles. The fraction of sp³-hybridized carbons (Fsp3) is 0.0769. The molecule has 1 heterocycles. The smallest absolute Gasteiger partial charge is 0.155 e. The van der Waals surface area contributed by atoms with E-state index in [2.05, 4.69) is 27.3 Å². The highest BCUT2D eigenvalue weighted by Crippen LogP contribution is 2.24. The lowest BCUT2D eigenvalue weighted by atomic mass is 10.1. The predicted octanol–water partition coefficient (Wildman–Crippen LogP) is 2.63. The van der Waals surface area contributed by atoms with Crippen LogP contribution in [0.15, 0.2) is 42.7 Å². The summed E-state index contributed by atoms with van der Waals surface area (Å²) in [7, 11) is 1.67. The van der Waals surface area contributed by atoms with Gasteiger partial charge >= 0.3 is 0 Å². The standard InChI is InChI=1S/C13H11N3O/c1-17-12-5-4-9-6-11(3-2-10(9)7-12)13-14-8-15-16-13/h2-8H,1H3,(H,14,15,16). The third-order valence-electron chi connectivity index (χ3n) is 2.74. The number of H-pyrrole nitrogens is 1. The highest BCUT2D eigenvalue weighted by atomic mass is 16.5. The van der Waals surface area contributed by atoms with Crippen molar-refractivity contribution in [3.8, 4) is 17.1 Å². The molecule has 0 aliphatic heterocycles. The lowest BCUT2D eigenvalue weighted by Gasteiger charge is -2.03. The summed E-state index contributed by atoms with van der Waals surface area (Å²) < 4.78 is 5.20. The summed E-state index contributed by atoms with van der Waals surface area (Å²) in [6, 6.07) is 12.1. The number of aromatic nitrogens is 3. The SMILES string of the molecule is COc1ccc2cc(-c3ncn[nH]3)ccc2c1. The summed E-state index contributed by atoms with van der Waals surface area (Å²) in [6.45, 7) is 0. The van der Waals surface area contributed by atoms with Crippen molar-refractivity contribution in [2.24, 2.45) is 0 Å². The van der Waals surface area contributed by atoms with E-state index in [0.717, 1.165) is 27.9 Å². The molecule has 0 aliphatic carbocycles. The van der Waals surface area contributed by atoms with E-state index < -0.39 is 0 Å². The quantitative estimate of drug-likeness (QED) is 0.729. The van der Waals surface area contributed by atoms with Gasteiger partial charge in [-0.1, -0.05) is 18.2 Å². The fourth-order valence-electron chi connectivity index (χ4n) is 1.84. The first kappa shape index (κ1) is 9.84. The molecule has 0 aliphatic rings. The largest absolute Gasteiger partial charge is 0.497 e. The number of nitrogens with one attached hydrogen (secondary N) is 1. The van der Waals surface area contributed by atoms with Gasteiger partial charge in [-0.15, -0.1) is 0 Å². The minimum absolute atomic E-state index is 0.780. The Labute approximate surface area is 98.3 Å². The molecule has 4 nitrogen and oxygen atoms in total. The molecule has 17 heavy (non-hydrogen) atoms. The van der Waals surface area contributed by atoms with Crippen LogP contribution < -0.4 is 4.74 Å². The van der Waals surface area contributed by atoms with Gasteiger partial charge in [0.2, 0.25) is 0 Å². The monoisotopic (exact) mass is 225 g/mol. The Kier molecular flexibility index (Phi) is 2.26. The van der Waals surface area contributed by atoms with Crippen molar-refractivity contribution >= 4 is 10.8 Å². The van der Waals surface area contributed by atoms with Gasteiger partial charge in [0, 0.05) is 5.56 Å². The summed E-state index contributed by atoms with van der Waals surface area (Å²) >= 11 is 0. The van der Waals surface area contributed by atoms with Crippen LogP contribution in [-0.2, 0) is 0 Å². The second-order valence-electron chi connectivity index (χ2n) is 3.76. The molecule has 0 amide bonds. The van der Waals surface area contributed by atoms with Crippen molar-refractivity contribution in [2.45, 2.75) is 0 Å². The van der Waals surface area contributed by atoms with Crippen LogP contribution in [0.2, 0.25) is 0 Å². The van der Waals surface area contributed by atoms with E-state index >= 15 is 0 Å². The van der Waals surface area contributed by atoms with Crippen LogP contribution in [0.25, 0.3) is 22.2 Å². The third kappa shape index (κ3) is 1.73. The highest BCUT2D eigenvalue weighted by molar-refractivity contribution is 5.87. The Hall–Kier alpha value is -2.36. The van der Waals surface area contributed by atoms with E-state index in [1.165, 1.54) is 6.33 Å². The number of rotatable bonds is 2. The summed E-state index contributed by atoms with van der Waals surface area (Å²) in [5, 5.41) is 9.00. The zero-order chi connectivity index (χ0) is 11.7. The average molecular weight is 225 g/mol. The molecule has 2 aromatic carbocycles. The minimum Gasteiger partial charge on any atom is -0.497 e. The average Bonchev–Trinajstić information content (AvgIpc) is 2.91. The van der Waals surface area contributed by atoms with E-state index in [1.807, 2.05) is 24.3 Å². The van der Waals surface area contributed by atoms with Gasteiger partial charge in [-0.3, -0.25) is 5.10 Å². The van der Waals surface area contributed by atoms with E-state index in [4.69, 9.17) is 4.74 Å². The number of benzene rings is 2. The molecule has 0 bridgehead atoms. The molecule has 0 spiro atoms. The molecule has 84 valence electrons. The van der Waals surface area contributed by atoms with Gasteiger partial charge in [0.05, 0.1) is 7.11 Å². The zero-order valence-electron chi connectivity index (χ0n) is 9.34. The van der Waals surface area contributed by atoms with E-state index in [-0.39, 0.29) is 0 Å². The molecular formula is C13H11N3O. The zero-order valence-corrected chi connectivity index (χ0v) is 9.34. The topological polar surface area (TPSA) is 50.8 Å². The molecule has 0 saturated heterocycles. The fourth-order valence-corrected chi connectivity index (χ4v) is 1.84. The number of fused-ring (bicyclic) bond motifs is 1. The van der Waals surface area contributed by atoms with Gasteiger partial charge in [0.1, 0.15) is 12.1 Å². The first-order valence-electron chi connectivity index (χ1n) is 5.30. The number of methoxy groups -OCH3 is 1. The molecule has 0 fully saturated rings. The summed E-state index contributed by atoms with van der Waals surface area (Å²) in [5.41, 5.74) is 1.03. The van der Waals surface area contributed by atoms with Crippen LogP contribution in [0.1, 0.15) is 0 Å². The second kappa shape index (κ2) is 3.90. The third-order valence-corrected chi connectivity index (χ3v) is 2.74. The first-order valence-corrected chi connectivity index (χ1v) is 5.30. The van der Waals surface area contributed by atoms with Crippen molar-refractivity contribution in [1.82, 2.24) is 15.2 Å². The van der Waals surface area contributed by atoms with Crippen LogP contribution in [-0.4, -0.2) is 22.3 Å². The Bertz CT molecular complexity index is 647. The summed E-state index contributed by atoms with van der Waals surface area (Å²) in [6.07, 6.45) is 1.51. The van der Waals surface area contributed by atoms with Gasteiger partial charge in [0.25, 0.3) is 0 Å². The molecule has 1 aromatic heterocycles. The van der Waals surface area contributed by atoms with Gasteiger partial charge in [-0.25, -0.2) is 4.98 Å². The van der Waals surface area contributed by atoms with Gasteiger partial charge < -0.3 is 4.74 Å². The maximum Gasteiger partial charge on any atom is 0.155 e. The molecule has 3 aromatic rings. The lowest BCUT2D eigenvalue weighted by Crippen LogP contribution is -1.84. The van der Waals surface area contributed by atoms with Gasteiger partial charge in [-0.05, 0) is 29.0 Å². The highest BCUT2D eigenvalue weighted by Gasteiger charge is 2.02. The number of hydrogen-bond donors (Lipinski definition) is 1. The van der Waals surface area contributed by atoms with Crippen molar-refractivity contribution in [1.29, 1.82) is 0 Å². The van der Waals surface area contributed by atoms with Gasteiger partial charge in [-0.2, -0.15) is 5.10 Å². The normalized spacial score (nSPS) is 10.6. The van der Waals surface area contributed by atoms with Crippen LogP contribution in [0.4, 0.5) is 0 Å². The number of hydrogen-bond acceptors (Lipinski definition) is 3. The van der Waals surface area contributed by atoms with Crippen molar-refractivity contribution in [2.75, 3.05) is 7.11 Å². The predicted molar refractivity (Wildman–Crippen MR) is 65.9 cm³/mol. The van der Waals surface area contributed by atoms with Crippen LogP contribution in [0.3, 0.4) is 0 Å². The minimum atomic E-state index is 0.780. The number of aromatic amines is 1. The maximum atomic E-state index is 5.20. The van der Waals surface area contributed by atoms with E-state index in [0.29, 0.717) is 0 Å². The molecule has 0 atom stereocenters. The van der Waals surface area contributed by atoms with E-state index in [9.17, 15) is 0 Å². The molecule has 1 N–H and O–H groups in total. The Morgan fingerprint density at radius 1 is 1.06 bits per heavy atom. The van der Waals surface area contributed by atoms with Crippen LogP contribution in [0.5, 0.6) is 5.75 Å². The van der Waals surface area contributed by atoms with Crippen molar-refractivity contribution in [3.63, 3.8) is 0 Å². The Morgan fingerprint density at radius 3 is 2.65 bits per heavy atom. The summed E-state index contributed by atoms with van der Waals surface area (Å²) in [4.78, 5) is 4.14. The van der Waals surface area contributed by atoms with E-state index in [1.54, 1.807) is 7.11 Å². The Morgan fingerprint density at radius 2 is 1.88 bits per heavy atom. The molecular weight excluding hydrogens is 214 g/mol. The lowest BCUT2D eigenvalue weighted by molar-refractivity contribution is 0.415. The molecule has 0 unspecified atom stereocenters. The van der Waals surface area contributed by atoms with Gasteiger partial charge in [0.15, 0.2) is 5.82 Å². The molecule has 0 radical (unpaired) electrons. The number of nitrogens with zero attached hydrogens (tertiary/aromatic N) is 2. The Balaban J connectivity index is 2.14. The molecule has 4 heteroatoms. The molecule has 3 rings (SSSR count). The van der Waals surface area contributed by atoms with Crippen molar-refractivity contribution < 1.29 is 4.74 Å². The van der Waals surface area contributed by atoms with Crippen LogP contribution >= 0.6 is 0 Å². The van der Waals surface area contributed by atoms with Crippen molar-refractivity contribution in [3.05, 3.63) is 42.7 Å². The number of ether oxygens (including phenoxy) is 1. The van der Waals surface area contributed by atoms with Crippen LogP contribution in [0, 0.1) is 0 Å². The maximum absolute atomic E-state index is 5.20.